The summed E-state index contributed by atoms with van der Waals surface area (Å²) in [4.78, 5) is 17.6. The van der Waals surface area contributed by atoms with Crippen molar-refractivity contribution < 1.29 is 4.79 Å². The maximum atomic E-state index is 12.8. The van der Waals surface area contributed by atoms with E-state index in [1.165, 1.54) is 12.8 Å². The lowest BCUT2D eigenvalue weighted by molar-refractivity contribution is -0.125. The van der Waals surface area contributed by atoms with E-state index < -0.39 is 0 Å². The highest BCUT2D eigenvalue weighted by atomic mass is 16.2. The van der Waals surface area contributed by atoms with E-state index in [0.29, 0.717) is 12.0 Å². The van der Waals surface area contributed by atoms with Crippen LogP contribution in [0.25, 0.3) is 0 Å². The second-order valence-corrected chi connectivity index (χ2v) is 7.64. The summed E-state index contributed by atoms with van der Waals surface area (Å²) in [6.45, 7) is 7.33. The highest BCUT2D eigenvalue weighted by Crippen LogP contribution is 2.43. The minimum absolute atomic E-state index is 0.0534. The highest BCUT2D eigenvalue weighted by molar-refractivity contribution is 5.82. The molecule has 6 nitrogen and oxygen atoms in total. The molecular weight excluding hydrogens is 302 g/mol. The SMILES string of the molecule is CCCN1CC2(CCN(C)CC2)CC1C(=O)NCCc1cn[nH]c1. The molecule has 1 atom stereocenters. The van der Waals surface area contributed by atoms with Crippen LogP contribution in [0.15, 0.2) is 12.4 Å². The van der Waals surface area contributed by atoms with Gasteiger partial charge in [0, 0.05) is 19.3 Å². The quantitative estimate of drug-likeness (QED) is 0.823. The molecule has 0 saturated carbocycles. The fraction of sp³-hybridized carbons (Fsp3) is 0.778. The molecule has 0 aromatic carbocycles. The molecule has 3 heterocycles. The van der Waals surface area contributed by atoms with E-state index in [1.54, 1.807) is 0 Å². The topological polar surface area (TPSA) is 64.3 Å². The van der Waals surface area contributed by atoms with Gasteiger partial charge < -0.3 is 10.2 Å². The van der Waals surface area contributed by atoms with E-state index in [4.69, 9.17) is 0 Å². The zero-order valence-electron chi connectivity index (χ0n) is 15.1. The monoisotopic (exact) mass is 333 g/mol. The van der Waals surface area contributed by atoms with E-state index >= 15 is 0 Å². The lowest BCUT2D eigenvalue weighted by Crippen LogP contribution is -2.44. The molecule has 2 aliphatic heterocycles. The van der Waals surface area contributed by atoms with Gasteiger partial charge in [-0.05, 0) is 69.8 Å². The number of carbonyl (C=O) groups is 1. The van der Waals surface area contributed by atoms with Crippen molar-refractivity contribution in [2.75, 3.05) is 39.8 Å². The minimum atomic E-state index is 0.0534. The molecule has 3 rings (SSSR count). The van der Waals surface area contributed by atoms with Gasteiger partial charge >= 0.3 is 0 Å². The summed E-state index contributed by atoms with van der Waals surface area (Å²) in [5, 5.41) is 9.91. The fourth-order valence-electron chi connectivity index (χ4n) is 4.24. The predicted molar refractivity (Wildman–Crippen MR) is 94.7 cm³/mol. The molecule has 2 N–H and O–H groups in total. The first kappa shape index (κ1) is 17.4. The zero-order valence-corrected chi connectivity index (χ0v) is 15.1. The molecule has 6 heteroatoms. The number of carbonyl (C=O) groups excluding carboxylic acids is 1. The van der Waals surface area contributed by atoms with Gasteiger partial charge in [-0.3, -0.25) is 14.8 Å². The van der Waals surface area contributed by atoms with E-state index in [-0.39, 0.29) is 11.9 Å². The lowest BCUT2D eigenvalue weighted by Gasteiger charge is -2.37. The standard InChI is InChI=1S/C18H31N5O/c1-3-8-23-14-18(5-9-22(2)10-6-18)11-16(23)17(24)19-7-4-15-12-20-21-13-15/h12-13,16H,3-11,14H2,1-2H3,(H,19,24)(H,20,21). The first-order chi connectivity index (χ1) is 11.6. The Hall–Kier alpha value is -1.40. The second-order valence-electron chi connectivity index (χ2n) is 7.64. The molecule has 2 fully saturated rings. The molecule has 1 aromatic rings. The van der Waals surface area contributed by atoms with Crippen molar-refractivity contribution in [2.45, 2.75) is 45.1 Å². The van der Waals surface area contributed by atoms with Crippen LogP contribution in [-0.4, -0.2) is 71.7 Å². The maximum Gasteiger partial charge on any atom is 0.237 e. The van der Waals surface area contributed by atoms with E-state index in [1.807, 2.05) is 12.4 Å². The van der Waals surface area contributed by atoms with Gasteiger partial charge in [0.25, 0.3) is 0 Å². The number of piperidine rings is 1. The Morgan fingerprint density at radius 3 is 2.92 bits per heavy atom. The number of hydrogen-bond acceptors (Lipinski definition) is 4. The van der Waals surface area contributed by atoms with Crippen LogP contribution in [0.5, 0.6) is 0 Å². The van der Waals surface area contributed by atoms with Crippen molar-refractivity contribution in [1.29, 1.82) is 0 Å². The van der Waals surface area contributed by atoms with Crippen molar-refractivity contribution in [2.24, 2.45) is 5.41 Å². The summed E-state index contributed by atoms with van der Waals surface area (Å²) in [5.41, 5.74) is 1.49. The molecule has 1 aromatic heterocycles. The Morgan fingerprint density at radius 2 is 2.25 bits per heavy atom. The Labute approximate surface area is 145 Å². The minimum Gasteiger partial charge on any atom is -0.354 e. The Balaban J connectivity index is 1.56. The fourth-order valence-corrected chi connectivity index (χ4v) is 4.24. The van der Waals surface area contributed by atoms with Crippen molar-refractivity contribution in [3.05, 3.63) is 18.0 Å². The number of likely N-dealkylation sites (tertiary alicyclic amines) is 2. The third-order valence-corrected chi connectivity index (χ3v) is 5.73. The molecule has 2 aliphatic rings. The van der Waals surface area contributed by atoms with Crippen molar-refractivity contribution in [3.8, 4) is 0 Å². The number of rotatable bonds is 6. The summed E-state index contributed by atoms with van der Waals surface area (Å²) in [7, 11) is 2.20. The maximum absolute atomic E-state index is 12.8. The van der Waals surface area contributed by atoms with Crippen molar-refractivity contribution >= 4 is 5.91 Å². The number of H-pyrrole nitrogens is 1. The number of hydrogen-bond donors (Lipinski definition) is 2. The number of nitrogens with zero attached hydrogens (tertiary/aromatic N) is 3. The summed E-state index contributed by atoms with van der Waals surface area (Å²) < 4.78 is 0. The zero-order chi connectivity index (χ0) is 17.0. The molecule has 24 heavy (non-hydrogen) atoms. The molecule has 1 unspecified atom stereocenters. The number of nitrogens with one attached hydrogen (secondary N) is 2. The van der Waals surface area contributed by atoms with E-state index in [0.717, 1.165) is 51.0 Å². The normalized spacial score (nSPS) is 24.5. The summed E-state index contributed by atoms with van der Waals surface area (Å²) >= 11 is 0. The average Bonchev–Trinajstić information content (AvgIpc) is 3.20. The van der Waals surface area contributed by atoms with Gasteiger partial charge in [0.2, 0.25) is 5.91 Å². The molecule has 1 amide bonds. The van der Waals surface area contributed by atoms with Crippen molar-refractivity contribution in [1.82, 2.24) is 25.3 Å². The van der Waals surface area contributed by atoms with Crippen LogP contribution in [0.1, 0.15) is 38.2 Å². The molecule has 0 aliphatic carbocycles. The molecule has 0 radical (unpaired) electrons. The molecule has 0 bridgehead atoms. The number of aromatic amines is 1. The first-order valence-electron chi connectivity index (χ1n) is 9.30. The molecule has 1 spiro atoms. The Bertz CT molecular complexity index is 522. The molecular formula is C18H31N5O. The third kappa shape index (κ3) is 3.98. The smallest absolute Gasteiger partial charge is 0.237 e. The van der Waals surface area contributed by atoms with Gasteiger partial charge in [-0.2, -0.15) is 5.10 Å². The number of aromatic nitrogens is 2. The van der Waals surface area contributed by atoms with Crippen LogP contribution in [0, 0.1) is 5.41 Å². The molecule has 134 valence electrons. The number of amides is 1. The Kier molecular flexibility index (Phi) is 5.56. The van der Waals surface area contributed by atoms with E-state index in [2.05, 4.69) is 39.3 Å². The summed E-state index contributed by atoms with van der Waals surface area (Å²) in [5.74, 6) is 0.211. The average molecular weight is 333 g/mol. The van der Waals surface area contributed by atoms with Crippen LogP contribution in [0.4, 0.5) is 0 Å². The van der Waals surface area contributed by atoms with Crippen LogP contribution >= 0.6 is 0 Å². The van der Waals surface area contributed by atoms with E-state index in [9.17, 15) is 4.79 Å². The van der Waals surface area contributed by atoms with Gasteiger partial charge in [0.15, 0.2) is 0 Å². The van der Waals surface area contributed by atoms with Crippen LogP contribution < -0.4 is 5.32 Å². The van der Waals surface area contributed by atoms with Gasteiger partial charge in [-0.1, -0.05) is 6.92 Å². The lowest BCUT2D eigenvalue weighted by atomic mass is 9.76. The second kappa shape index (κ2) is 7.66. The highest BCUT2D eigenvalue weighted by Gasteiger charge is 2.47. The largest absolute Gasteiger partial charge is 0.354 e. The van der Waals surface area contributed by atoms with Crippen LogP contribution in [0.2, 0.25) is 0 Å². The van der Waals surface area contributed by atoms with Gasteiger partial charge in [-0.15, -0.1) is 0 Å². The van der Waals surface area contributed by atoms with Crippen LogP contribution in [0.3, 0.4) is 0 Å². The first-order valence-corrected chi connectivity index (χ1v) is 9.30. The summed E-state index contributed by atoms with van der Waals surface area (Å²) in [6.07, 6.45) is 9.12. The Morgan fingerprint density at radius 1 is 1.46 bits per heavy atom. The van der Waals surface area contributed by atoms with Crippen molar-refractivity contribution in [3.63, 3.8) is 0 Å². The summed E-state index contributed by atoms with van der Waals surface area (Å²) in [6, 6.07) is 0.0534. The van der Waals surface area contributed by atoms with Gasteiger partial charge in [0.05, 0.1) is 12.2 Å². The predicted octanol–water partition coefficient (Wildman–Crippen LogP) is 1.26. The molecule has 2 saturated heterocycles. The third-order valence-electron chi connectivity index (χ3n) is 5.73. The van der Waals surface area contributed by atoms with Gasteiger partial charge in [0.1, 0.15) is 0 Å². The van der Waals surface area contributed by atoms with Gasteiger partial charge in [-0.25, -0.2) is 0 Å². The van der Waals surface area contributed by atoms with Crippen LogP contribution in [-0.2, 0) is 11.2 Å².